The molecule has 0 fully saturated rings. The molecule has 1 rings (SSSR count). The minimum Gasteiger partial charge on any atom is -0.351 e. The van der Waals surface area contributed by atoms with E-state index in [0.717, 1.165) is 5.56 Å². The number of hydrogen-bond donors (Lipinski definition) is 0. The van der Waals surface area contributed by atoms with Crippen molar-refractivity contribution >= 4 is 17.5 Å². The predicted molar refractivity (Wildman–Crippen MR) is 88.8 cm³/mol. The SMILES string of the molecule is CCOC(CN(CC)C(=O)[CH]Cc1ccc(Cl)cc1)OCC. The lowest BCUT2D eigenvalue weighted by atomic mass is 10.1. The van der Waals surface area contributed by atoms with Gasteiger partial charge in [-0.15, -0.1) is 0 Å². The fraction of sp³-hybridized carbons (Fsp3) is 0.529. The Bertz CT molecular complexity index is 430. The molecule has 0 unspecified atom stereocenters. The Balaban J connectivity index is 2.50. The minimum atomic E-state index is -0.372. The maximum absolute atomic E-state index is 12.3. The normalized spacial score (nSPS) is 11.0. The molecule has 1 radical (unpaired) electrons. The molecule has 0 aliphatic heterocycles. The fourth-order valence-corrected chi connectivity index (χ4v) is 2.16. The van der Waals surface area contributed by atoms with Crippen LogP contribution < -0.4 is 0 Å². The molecule has 123 valence electrons. The number of ether oxygens (including phenoxy) is 2. The number of amides is 1. The van der Waals surface area contributed by atoms with Crippen LogP contribution in [0.15, 0.2) is 24.3 Å². The predicted octanol–water partition coefficient (Wildman–Crippen LogP) is 3.33. The second-order valence-corrected chi connectivity index (χ2v) is 5.19. The van der Waals surface area contributed by atoms with Crippen LogP contribution in [0.2, 0.25) is 5.02 Å². The van der Waals surface area contributed by atoms with E-state index in [2.05, 4.69) is 0 Å². The van der Waals surface area contributed by atoms with Crippen molar-refractivity contribution in [1.82, 2.24) is 4.90 Å². The average Bonchev–Trinajstić information content (AvgIpc) is 2.52. The third-order valence-electron chi connectivity index (χ3n) is 3.19. The van der Waals surface area contributed by atoms with Crippen LogP contribution >= 0.6 is 11.6 Å². The van der Waals surface area contributed by atoms with Crippen molar-refractivity contribution in [2.24, 2.45) is 0 Å². The highest BCUT2D eigenvalue weighted by molar-refractivity contribution is 6.30. The lowest BCUT2D eigenvalue weighted by molar-refractivity contribution is -0.156. The highest BCUT2D eigenvalue weighted by atomic mass is 35.5. The summed E-state index contributed by atoms with van der Waals surface area (Å²) in [7, 11) is 0. The van der Waals surface area contributed by atoms with E-state index in [1.807, 2.05) is 45.0 Å². The first-order valence-corrected chi connectivity index (χ1v) is 8.08. The highest BCUT2D eigenvalue weighted by Gasteiger charge is 2.18. The van der Waals surface area contributed by atoms with Gasteiger partial charge in [0.25, 0.3) is 0 Å². The Morgan fingerprint density at radius 3 is 2.27 bits per heavy atom. The Labute approximate surface area is 138 Å². The van der Waals surface area contributed by atoms with Gasteiger partial charge in [-0.2, -0.15) is 0 Å². The summed E-state index contributed by atoms with van der Waals surface area (Å²) in [4.78, 5) is 14.0. The Morgan fingerprint density at radius 1 is 1.18 bits per heavy atom. The van der Waals surface area contributed by atoms with Crippen LogP contribution in [0.1, 0.15) is 26.3 Å². The molecule has 0 N–H and O–H groups in total. The first kappa shape index (κ1) is 18.9. The van der Waals surface area contributed by atoms with Gasteiger partial charge in [0.2, 0.25) is 5.91 Å². The molecule has 0 bridgehead atoms. The van der Waals surface area contributed by atoms with E-state index in [9.17, 15) is 4.79 Å². The number of hydrogen-bond acceptors (Lipinski definition) is 3. The molecule has 4 nitrogen and oxygen atoms in total. The second kappa shape index (κ2) is 10.6. The van der Waals surface area contributed by atoms with Crippen LogP contribution in [0.25, 0.3) is 0 Å². The molecular formula is C17H25ClNO3. The van der Waals surface area contributed by atoms with Crippen molar-refractivity contribution in [3.8, 4) is 0 Å². The summed E-state index contributed by atoms with van der Waals surface area (Å²) in [6.45, 7) is 7.95. The molecule has 0 aliphatic carbocycles. The van der Waals surface area contributed by atoms with Gasteiger partial charge in [0.15, 0.2) is 6.29 Å². The van der Waals surface area contributed by atoms with Gasteiger partial charge >= 0.3 is 0 Å². The number of carbonyl (C=O) groups excluding carboxylic acids is 1. The number of likely N-dealkylation sites (N-methyl/N-ethyl adjacent to an activating group) is 1. The van der Waals surface area contributed by atoms with E-state index in [1.165, 1.54) is 0 Å². The fourth-order valence-electron chi connectivity index (χ4n) is 2.03. The van der Waals surface area contributed by atoms with Crippen molar-refractivity contribution in [3.63, 3.8) is 0 Å². The van der Waals surface area contributed by atoms with E-state index in [4.69, 9.17) is 21.1 Å². The summed E-state index contributed by atoms with van der Waals surface area (Å²) in [5.41, 5.74) is 1.06. The van der Waals surface area contributed by atoms with Gasteiger partial charge in [-0.05, 0) is 44.9 Å². The van der Waals surface area contributed by atoms with Gasteiger partial charge in [0, 0.05) is 24.8 Å². The summed E-state index contributed by atoms with van der Waals surface area (Å²) in [5, 5.41) is 0.696. The van der Waals surface area contributed by atoms with Gasteiger partial charge in [-0.1, -0.05) is 23.7 Å². The first-order valence-electron chi connectivity index (χ1n) is 7.70. The highest BCUT2D eigenvalue weighted by Crippen LogP contribution is 2.11. The molecule has 0 saturated heterocycles. The van der Waals surface area contributed by atoms with Crippen LogP contribution in [0, 0.1) is 6.42 Å². The molecule has 0 saturated carbocycles. The maximum atomic E-state index is 12.3. The molecule has 1 aromatic carbocycles. The van der Waals surface area contributed by atoms with Crippen LogP contribution in [-0.2, 0) is 20.7 Å². The molecule has 0 aromatic heterocycles. The third-order valence-corrected chi connectivity index (χ3v) is 3.45. The van der Waals surface area contributed by atoms with E-state index in [0.29, 0.717) is 37.7 Å². The summed E-state index contributed by atoms with van der Waals surface area (Å²) in [6, 6.07) is 7.50. The molecule has 5 heteroatoms. The second-order valence-electron chi connectivity index (χ2n) is 4.75. The molecule has 0 heterocycles. The van der Waals surface area contributed by atoms with Gasteiger partial charge in [-0.3, -0.25) is 4.79 Å². The molecule has 1 aromatic rings. The van der Waals surface area contributed by atoms with Crippen LogP contribution in [0.3, 0.4) is 0 Å². The Hall–Kier alpha value is -1.10. The first-order chi connectivity index (χ1) is 10.6. The zero-order valence-electron chi connectivity index (χ0n) is 13.5. The molecule has 0 spiro atoms. The quantitative estimate of drug-likeness (QED) is 0.619. The van der Waals surface area contributed by atoms with E-state index in [1.54, 1.807) is 11.3 Å². The topological polar surface area (TPSA) is 38.8 Å². The summed E-state index contributed by atoms with van der Waals surface area (Å²) >= 11 is 5.85. The molecule has 1 amide bonds. The standard InChI is InChI=1S/C17H25ClNO3/c1-4-19(13-17(21-5-2)22-6-3)16(20)12-9-14-7-10-15(18)11-8-14/h7-8,10-12,17H,4-6,9,13H2,1-3H3. The van der Waals surface area contributed by atoms with Gasteiger partial charge in [-0.25, -0.2) is 0 Å². The lowest BCUT2D eigenvalue weighted by Gasteiger charge is -2.26. The summed E-state index contributed by atoms with van der Waals surface area (Å²) < 4.78 is 11.0. The van der Waals surface area contributed by atoms with E-state index in [-0.39, 0.29) is 12.2 Å². The van der Waals surface area contributed by atoms with Crippen LogP contribution in [-0.4, -0.2) is 43.4 Å². The van der Waals surface area contributed by atoms with Crippen molar-refractivity contribution in [2.75, 3.05) is 26.3 Å². The maximum Gasteiger partial charge on any atom is 0.227 e. The largest absolute Gasteiger partial charge is 0.351 e. The van der Waals surface area contributed by atoms with Crippen LogP contribution in [0.4, 0.5) is 0 Å². The van der Waals surface area contributed by atoms with Gasteiger partial charge in [0.1, 0.15) is 0 Å². The van der Waals surface area contributed by atoms with Crippen LogP contribution in [0.5, 0.6) is 0 Å². The molecule has 0 atom stereocenters. The van der Waals surface area contributed by atoms with Crippen molar-refractivity contribution in [3.05, 3.63) is 41.3 Å². The average molecular weight is 327 g/mol. The van der Waals surface area contributed by atoms with Crippen molar-refractivity contribution in [1.29, 1.82) is 0 Å². The van der Waals surface area contributed by atoms with E-state index < -0.39 is 0 Å². The smallest absolute Gasteiger partial charge is 0.227 e. The zero-order valence-corrected chi connectivity index (χ0v) is 14.3. The molecule has 0 aliphatic rings. The minimum absolute atomic E-state index is 0.0122. The lowest BCUT2D eigenvalue weighted by Crippen LogP contribution is -2.40. The monoisotopic (exact) mass is 326 g/mol. The van der Waals surface area contributed by atoms with Gasteiger partial charge in [0.05, 0.1) is 13.0 Å². The molecular weight excluding hydrogens is 302 g/mol. The third kappa shape index (κ3) is 6.77. The van der Waals surface area contributed by atoms with E-state index >= 15 is 0 Å². The van der Waals surface area contributed by atoms with Gasteiger partial charge < -0.3 is 14.4 Å². The Morgan fingerprint density at radius 2 is 1.77 bits per heavy atom. The molecule has 22 heavy (non-hydrogen) atoms. The summed E-state index contributed by atoms with van der Waals surface area (Å²) in [6.07, 6.45) is 1.89. The number of rotatable bonds is 10. The number of halogens is 1. The number of nitrogens with zero attached hydrogens (tertiary/aromatic N) is 1. The number of benzene rings is 1. The summed E-state index contributed by atoms with van der Waals surface area (Å²) in [5.74, 6) is -0.0122. The number of carbonyl (C=O) groups is 1. The zero-order chi connectivity index (χ0) is 16.4. The Kier molecular flexibility index (Phi) is 9.13. The van der Waals surface area contributed by atoms with Crippen molar-refractivity contribution in [2.45, 2.75) is 33.5 Å². The van der Waals surface area contributed by atoms with Crippen molar-refractivity contribution < 1.29 is 14.3 Å².